The normalized spacial score (nSPS) is 8.83. The Hall–Kier alpha value is -0.810. The molecule has 0 unspecified atom stereocenters. The van der Waals surface area contributed by atoms with Crippen LogP contribution >= 0.6 is 22.9 Å². The number of aromatic nitrogens is 3. The Kier molecular flexibility index (Phi) is 3.83. The Bertz CT molecular complexity index is 256. The summed E-state index contributed by atoms with van der Waals surface area (Å²) in [6.45, 7) is 3.91. The third kappa shape index (κ3) is 3.54. The van der Waals surface area contributed by atoms with Gasteiger partial charge in [0, 0.05) is 11.1 Å². The molecule has 0 saturated carbocycles. The molecule has 2 rings (SSSR count). The van der Waals surface area contributed by atoms with Crippen LogP contribution in [0, 0.1) is 13.8 Å². The first kappa shape index (κ1) is 9.28. The third-order valence-corrected chi connectivity index (χ3v) is 2.30. The SMILES string of the molecule is Cc1cscn1.Cc1ncns1. The van der Waals surface area contributed by atoms with E-state index < -0.39 is 0 Å². The van der Waals surface area contributed by atoms with Gasteiger partial charge in [0.2, 0.25) is 0 Å². The molecule has 0 atom stereocenters. The second kappa shape index (κ2) is 4.95. The molecule has 5 heteroatoms. The molecule has 0 radical (unpaired) electrons. The molecule has 0 aliphatic carbocycles. The van der Waals surface area contributed by atoms with Crippen LogP contribution in [0.1, 0.15) is 10.7 Å². The van der Waals surface area contributed by atoms with Crippen LogP contribution in [-0.2, 0) is 0 Å². The van der Waals surface area contributed by atoms with Gasteiger partial charge in [-0.05, 0) is 25.4 Å². The zero-order valence-corrected chi connectivity index (χ0v) is 8.52. The maximum atomic E-state index is 3.94. The van der Waals surface area contributed by atoms with Crippen LogP contribution in [0.2, 0.25) is 0 Å². The summed E-state index contributed by atoms with van der Waals surface area (Å²) in [6, 6.07) is 0. The van der Waals surface area contributed by atoms with Gasteiger partial charge in [0.25, 0.3) is 0 Å². The molecule has 0 aliphatic rings. The summed E-state index contributed by atoms with van der Waals surface area (Å²) in [5, 5.41) is 3.04. The van der Waals surface area contributed by atoms with Gasteiger partial charge in [0.15, 0.2) is 0 Å². The molecule has 2 heterocycles. The lowest BCUT2D eigenvalue weighted by Crippen LogP contribution is -1.59. The van der Waals surface area contributed by atoms with E-state index in [2.05, 4.69) is 14.3 Å². The first-order valence-electron chi connectivity index (χ1n) is 3.37. The fourth-order valence-electron chi connectivity index (χ4n) is 0.501. The number of rotatable bonds is 0. The fourth-order valence-corrected chi connectivity index (χ4v) is 1.39. The quantitative estimate of drug-likeness (QED) is 0.653. The maximum absolute atomic E-state index is 3.94. The van der Waals surface area contributed by atoms with E-state index in [1.165, 1.54) is 11.5 Å². The monoisotopic (exact) mass is 199 g/mol. The largest absolute Gasteiger partial charge is 0.250 e. The van der Waals surface area contributed by atoms with Crippen LogP contribution in [-0.4, -0.2) is 14.3 Å². The highest BCUT2D eigenvalue weighted by atomic mass is 32.1. The predicted octanol–water partition coefficient (Wildman–Crippen LogP) is 2.30. The van der Waals surface area contributed by atoms with Crippen molar-refractivity contribution < 1.29 is 0 Å². The van der Waals surface area contributed by atoms with Crippen molar-refractivity contribution in [1.82, 2.24) is 14.3 Å². The Morgan fingerprint density at radius 1 is 1.25 bits per heavy atom. The Labute approximate surface area is 79.3 Å². The molecule has 0 fully saturated rings. The smallest absolute Gasteiger partial charge is 0.129 e. The predicted molar refractivity (Wildman–Crippen MR) is 51.5 cm³/mol. The Balaban J connectivity index is 0.000000120. The molecule has 0 bridgehead atoms. The summed E-state index contributed by atoms with van der Waals surface area (Å²) in [5.74, 6) is 0. The number of aryl methyl sites for hydroxylation is 2. The van der Waals surface area contributed by atoms with Gasteiger partial charge in [-0.15, -0.1) is 11.3 Å². The zero-order chi connectivity index (χ0) is 8.81. The van der Waals surface area contributed by atoms with Crippen molar-refractivity contribution in [3.63, 3.8) is 0 Å². The molecule has 0 aromatic carbocycles. The molecule has 12 heavy (non-hydrogen) atoms. The van der Waals surface area contributed by atoms with Gasteiger partial charge in [-0.25, -0.2) is 4.98 Å². The van der Waals surface area contributed by atoms with Crippen molar-refractivity contribution >= 4 is 22.9 Å². The van der Waals surface area contributed by atoms with Crippen molar-refractivity contribution in [2.24, 2.45) is 0 Å². The Morgan fingerprint density at radius 3 is 2.25 bits per heavy atom. The number of nitrogens with zero attached hydrogens (tertiary/aromatic N) is 3. The molecule has 0 saturated heterocycles. The van der Waals surface area contributed by atoms with Gasteiger partial charge in [-0.2, -0.15) is 4.37 Å². The molecule has 0 N–H and O–H groups in total. The summed E-state index contributed by atoms with van der Waals surface area (Å²) in [6.07, 6.45) is 1.56. The van der Waals surface area contributed by atoms with Crippen molar-refractivity contribution in [2.75, 3.05) is 0 Å². The van der Waals surface area contributed by atoms with Crippen LogP contribution in [0.4, 0.5) is 0 Å². The van der Waals surface area contributed by atoms with Gasteiger partial charge in [-0.1, -0.05) is 0 Å². The van der Waals surface area contributed by atoms with Gasteiger partial charge in [0.05, 0.1) is 5.51 Å². The molecule has 64 valence electrons. The first-order valence-corrected chi connectivity index (χ1v) is 5.08. The van der Waals surface area contributed by atoms with Crippen molar-refractivity contribution in [1.29, 1.82) is 0 Å². The van der Waals surface area contributed by atoms with Crippen molar-refractivity contribution in [3.8, 4) is 0 Å². The lowest BCUT2D eigenvalue weighted by atomic mass is 10.6. The molecular formula is C7H9N3S2. The first-order chi connectivity index (χ1) is 5.79. The van der Waals surface area contributed by atoms with E-state index in [1.807, 2.05) is 24.7 Å². The van der Waals surface area contributed by atoms with Crippen LogP contribution in [0.3, 0.4) is 0 Å². The minimum atomic E-state index is 1.02. The van der Waals surface area contributed by atoms with Gasteiger partial charge in [0.1, 0.15) is 11.3 Å². The van der Waals surface area contributed by atoms with E-state index >= 15 is 0 Å². The molecule has 0 aliphatic heterocycles. The minimum Gasteiger partial charge on any atom is -0.250 e. The van der Waals surface area contributed by atoms with Crippen LogP contribution in [0.25, 0.3) is 0 Å². The molecule has 0 amide bonds. The highest BCUT2D eigenvalue weighted by Gasteiger charge is 1.78. The summed E-state index contributed by atoms with van der Waals surface area (Å²) in [7, 11) is 0. The van der Waals surface area contributed by atoms with Crippen molar-refractivity contribution in [2.45, 2.75) is 13.8 Å². The second-order valence-electron chi connectivity index (χ2n) is 2.09. The van der Waals surface area contributed by atoms with E-state index in [1.54, 1.807) is 17.7 Å². The molecule has 0 spiro atoms. The lowest BCUT2D eigenvalue weighted by Gasteiger charge is -1.64. The summed E-state index contributed by atoms with van der Waals surface area (Å²) in [5.41, 5.74) is 2.94. The summed E-state index contributed by atoms with van der Waals surface area (Å²) < 4.78 is 3.75. The second-order valence-corrected chi connectivity index (χ2v) is 3.79. The van der Waals surface area contributed by atoms with Crippen LogP contribution in [0.5, 0.6) is 0 Å². The zero-order valence-electron chi connectivity index (χ0n) is 6.89. The van der Waals surface area contributed by atoms with E-state index in [0.717, 1.165) is 10.7 Å². The van der Waals surface area contributed by atoms with Crippen molar-refractivity contribution in [3.05, 3.63) is 27.9 Å². The van der Waals surface area contributed by atoms with Gasteiger partial charge in [-0.3, -0.25) is 4.98 Å². The fraction of sp³-hybridized carbons (Fsp3) is 0.286. The van der Waals surface area contributed by atoms with E-state index in [9.17, 15) is 0 Å². The van der Waals surface area contributed by atoms with Crippen LogP contribution in [0.15, 0.2) is 17.2 Å². The molecule has 3 nitrogen and oxygen atoms in total. The third-order valence-electron chi connectivity index (χ3n) is 1.03. The van der Waals surface area contributed by atoms with Gasteiger partial charge >= 0.3 is 0 Å². The summed E-state index contributed by atoms with van der Waals surface area (Å²) >= 11 is 3.05. The number of hydrogen-bond donors (Lipinski definition) is 0. The molecule has 2 aromatic heterocycles. The molecule has 2 aromatic rings. The van der Waals surface area contributed by atoms with E-state index in [4.69, 9.17) is 0 Å². The minimum absolute atomic E-state index is 1.02. The topological polar surface area (TPSA) is 38.7 Å². The lowest BCUT2D eigenvalue weighted by molar-refractivity contribution is 1.26. The van der Waals surface area contributed by atoms with Crippen LogP contribution < -0.4 is 0 Å². The van der Waals surface area contributed by atoms with E-state index in [0.29, 0.717) is 0 Å². The Morgan fingerprint density at radius 2 is 2.08 bits per heavy atom. The standard InChI is InChI=1S/C4H5NS.C3H4N2S/c1-4-2-6-3-5-4;1-3-4-2-5-6-3/h2-3H,1H3;2H,1H3. The van der Waals surface area contributed by atoms with E-state index in [-0.39, 0.29) is 0 Å². The summed E-state index contributed by atoms with van der Waals surface area (Å²) in [4.78, 5) is 7.76. The molecular weight excluding hydrogens is 190 g/mol. The average molecular weight is 199 g/mol. The highest BCUT2D eigenvalue weighted by molar-refractivity contribution is 7.07. The average Bonchev–Trinajstić information content (AvgIpc) is 2.63. The number of thiazole rings is 1. The number of hydrogen-bond acceptors (Lipinski definition) is 5. The highest BCUT2D eigenvalue weighted by Crippen LogP contribution is 1.95. The maximum Gasteiger partial charge on any atom is 0.129 e. The van der Waals surface area contributed by atoms with Gasteiger partial charge < -0.3 is 0 Å².